The van der Waals surface area contributed by atoms with Gasteiger partial charge in [-0.1, -0.05) is 12.1 Å². The predicted octanol–water partition coefficient (Wildman–Crippen LogP) is 0.254. The van der Waals surface area contributed by atoms with Crippen LogP contribution in [0.15, 0.2) is 24.2 Å². The van der Waals surface area contributed by atoms with E-state index in [9.17, 15) is 9.59 Å². The predicted molar refractivity (Wildman–Crippen MR) is 55.4 cm³/mol. The number of nitrogen functional groups attached to an aromatic ring is 1. The van der Waals surface area contributed by atoms with Crippen molar-refractivity contribution in [3.05, 3.63) is 29.7 Å². The summed E-state index contributed by atoms with van der Waals surface area (Å²) in [7, 11) is 0. The fraction of sp³-hybridized carbons (Fsp3) is 0.200. The van der Waals surface area contributed by atoms with E-state index in [1.807, 2.05) is 0 Å². The van der Waals surface area contributed by atoms with Gasteiger partial charge in [0.15, 0.2) is 5.78 Å². The van der Waals surface area contributed by atoms with Crippen molar-refractivity contribution in [1.82, 2.24) is 0 Å². The number of anilines is 1. The zero-order chi connectivity index (χ0) is 14.9. The number of hydrogen-bond donors (Lipinski definition) is 3. The van der Waals surface area contributed by atoms with Crippen LogP contribution in [-0.2, 0) is 4.79 Å². The molecule has 5 nitrogen and oxygen atoms in total. The van der Waals surface area contributed by atoms with Gasteiger partial charge >= 0.3 is 5.97 Å². The van der Waals surface area contributed by atoms with Gasteiger partial charge < -0.3 is 16.6 Å². The molecule has 0 saturated carbocycles. The van der Waals surface area contributed by atoms with Crippen LogP contribution >= 0.6 is 0 Å². The summed E-state index contributed by atoms with van der Waals surface area (Å²) in [5.41, 5.74) is 9.86. The number of carbonyl (C=O) groups excluding carboxylic acids is 1. The van der Waals surface area contributed by atoms with E-state index < -0.39 is 59.6 Å². The normalized spacial score (nSPS) is 15.8. The Morgan fingerprint density at radius 3 is 2.67 bits per heavy atom. The second-order valence-electron chi connectivity index (χ2n) is 2.86. The summed E-state index contributed by atoms with van der Waals surface area (Å²) in [5.74, 6) is -2.22. The van der Waals surface area contributed by atoms with Crippen LogP contribution in [0.25, 0.3) is 0 Å². The number of nitrogens with two attached hydrogens (primary N) is 2. The van der Waals surface area contributed by atoms with E-state index in [4.69, 9.17) is 22.1 Å². The minimum absolute atomic E-state index is 0.409. The quantitative estimate of drug-likeness (QED) is 0.490. The van der Waals surface area contributed by atoms with Gasteiger partial charge in [0.25, 0.3) is 0 Å². The first-order valence-corrected chi connectivity index (χ1v) is 4.05. The van der Waals surface area contributed by atoms with Crippen molar-refractivity contribution in [1.29, 1.82) is 0 Å². The summed E-state index contributed by atoms with van der Waals surface area (Å²) in [6.07, 6.45) is -0.596. The molecule has 80 valence electrons. The molecule has 0 heterocycles. The van der Waals surface area contributed by atoms with Crippen molar-refractivity contribution in [2.24, 2.45) is 5.73 Å². The maximum atomic E-state index is 11.8. The third kappa shape index (κ3) is 2.78. The van der Waals surface area contributed by atoms with Crippen LogP contribution in [-0.4, -0.2) is 22.9 Å². The highest BCUT2D eigenvalue weighted by Gasteiger charge is 2.18. The van der Waals surface area contributed by atoms with Crippen LogP contribution < -0.4 is 11.5 Å². The number of para-hydroxylation sites is 1. The van der Waals surface area contributed by atoms with Gasteiger partial charge in [-0.3, -0.25) is 9.59 Å². The first kappa shape index (κ1) is 6.58. The molecule has 1 aromatic rings. The summed E-state index contributed by atoms with van der Waals surface area (Å²) in [6, 6.07) is -3.74. The molecule has 1 unspecified atom stereocenters. The van der Waals surface area contributed by atoms with Gasteiger partial charge in [-0.2, -0.15) is 0 Å². The molecule has 0 spiro atoms. The summed E-state index contributed by atoms with van der Waals surface area (Å²) >= 11 is 0. The number of carbonyl (C=O) groups is 2. The van der Waals surface area contributed by atoms with E-state index in [2.05, 4.69) is 0 Å². The minimum atomic E-state index is -1.45. The van der Waals surface area contributed by atoms with Crippen molar-refractivity contribution in [2.45, 2.75) is 12.5 Å². The molecule has 0 amide bonds. The number of aliphatic carboxylic acids is 1. The molecule has 15 heavy (non-hydrogen) atoms. The zero-order valence-corrected chi connectivity index (χ0v) is 7.70. The lowest BCUT2D eigenvalue weighted by molar-refractivity contribution is -0.138. The molecule has 1 rings (SSSR count). The average Bonchev–Trinajstić information content (AvgIpc) is 2.34. The molecule has 5 N–H and O–H groups in total. The third-order valence-corrected chi connectivity index (χ3v) is 1.72. The lowest BCUT2D eigenvalue weighted by Gasteiger charge is -2.07. The van der Waals surface area contributed by atoms with Crippen LogP contribution in [0.5, 0.6) is 0 Å². The summed E-state index contributed by atoms with van der Waals surface area (Å²) in [4.78, 5) is 22.4. The third-order valence-electron chi connectivity index (χ3n) is 1.72. The first-order valence-electron chi connectivity index (χ1n) is 6.05. The second kappa shape index (κ2) is 4.56. The molecule has 0 fully saturated rings. The topological polar surface area (TPSA) is 106 Å². The molecule has 0 aliphatic heterocycles. The van der Waals surface area contributed by atoms with Crippen LogP contribution in [0.1, 0.15) is 22.3 Å². The number of ketones is 1. The van der Waals surface area contributed by atoms with Gasteiger partial charge in [0.2, 0.25) is 0 Å². The van der Waals surface area contributed by atoms with E-state index in [0.29, 0.717) is 0 Å². The number of Topliss-reactive ketones (excluding diaryl/α,β-unsaturated/α-hetero) is 1. The molecule has 0 saturated heterocycles. The molecule has 0 aliphatic carbocycles. The van der Waals surface area contributed by atoms with Crippen molar-refractivity contribution < 1.29 is 20.2 Å². The van der Waals surface area contributed by atoms with Crippen molar-refractivity contribution in [3.63, 3.8) is 0 Å². The Morgan fingerprint density at radius 2 is 2.07 bits per heavy atom. The molecule has 1 aromatic carbocycles. The highest BCUT2D eigenvalue weighted by atomic mass is 16.4. The number of carboxylic acid groups (broad SMARTS) is 1. The Morgan fingerprint density at radius 1 is 1.47 bits per heavy atom. The Labute approximate surface area is 92.3 Å². The summed E-state index contributed by atoms with van der Waals surface area (Å²) in [5, 5.41) is 8.61. The number of benzene rings is 1. The lowest BCUT2D eigenvalue weighted by atomic mass is 10.0. The highest BCUT2D eigenvalue weighted by molar-refractivity contribution is 6.02. The molecular weight excluding hydrogens is 196 g/mol. The van der Waals surface area contributed by atoms with Gasteiger partial charge in [-0.05, 0) is 12.1 Å². The van der Waals surface area contributed by atoms with Gasteiger partial charge in [0, 0.05) is 17.7 Å². The Bertz CT molecular complexity index is 533. The first-order chi connectivity index (χ1) is 8.68. The van der Waals surface area contributed by atoms with E-state index in [1.165, 1.54) is 0 Å². The SMILES string of the molecule is [2H]c1c([2H])c([2H])c(C(=O)CC(N)C(=O)O)c(N)c1[2H]. The van der Waals surface area contributed by atoms with E-state index in [-0.39, 0.29) is 0 Å². The van der Waals surface area contributed by atoms with Gasteiger partial charge in [0.1, 0.15) is 6.04 Å². The average molecular weight is 212 g/mol. The standard InChI is InChI=1S/C10H12N2O3/c11-7-4-2-1-3-6(7)9(13)5-8(12)10(14)15/h1-4,8H,5,11-12H2,(H,14,15)/i1D,2D,3D,4D. The minimum Gasteiger partial charge on any atom is -0.480 e. The van der Waals surface area contributed by atoms with Crippen molar-refractivity contribution in [2.75, 3.05) is 5.73 Å². The molecule has 0 aliphatic rings. The molecule has 0 bridgehead atoms. The van der Waals surface area contributed by atoms with Gasteiger partial charge in [-0.25, -0.2) is 0 Å². The monoisotopic (exact) mass is 212 g/mol. The van der Waals surface area contributed by atoms with Crippen molar-refractivity contribution >= 4 is 17.4 Å². The Hall–Kier alpha value is -1.88. The van der Waals surface area contributed by atoms with Crippen LogP contribution in [0, 0.1) is 0 Å². The largest absolute Gasteiger partial charge is 0.480 e. The van der Waals surface area contributed by atoms with Crippen LogP contribution in [0.4, 0.5) is 5.69 Å². The van der Waals surface area contributed by atoms with Gasteiger partial charge in [-0.15, -0.1) is 0 Å². The maximum Gasteiger partial charge on any atom is 0.320 e. The maximum absolute atomic E-state index is 11.8. The molecular formula is C10H12N2O3. The lowest BCUT2D eigenvalue weighted by Crippen LogP contribution is -2.32. The fourth-order valence-electron chi connectivity index (χ4n) is 0.931. The van der Waals surface area contributed by atoms with E-state index in [0.717, 1.165) is 0 Å². The summed E-state index contributed by atoms with van der Waals surface area (Å²) in [6.45, 7) is 0. The van der Waals surface area contributed by atoms with Crippen molar-refractivity contribution in [3.8, 4) is 0 Å². The zero-order valence-electron chi connectivity index (χ0n) is 11.7. The summed E-state index contributed by atoms with van der Waals surface area (Å²) < 4.78 is 29.8. The van der Waals surface area contributed by atoms with Crippen LogP contribution in [0.3, 0.4) is 0 Å². The second-order valence-corrected chi connectivity index (χ2v) is 2.86. The molecule has 1 atom stereocenters. The molecule has 5 heteroatoms. The number of hydrogen-bond acceptors (Lipinski definition) is 4. The van der Waals surface area contributed by atoms with E-state index in [1.54, 1.807) is 0 Å². The van der Waals surface area contributed by atoms with Crippen LogP contribution in [0.2, 0.25) is 0 Å². The smallest absolute Gasteiger partial charge is 0.320 e. The van der Waals surface area contributed by atoms with Gasteiger partial charge in [0.05, 0.1) is 5.48 Å². The molecule has 0 aromatic heterocycles. The highest BCUT2D eigenvalue weighted by Crippen LogP contribution is 2.13. The Balaban J connectivity index is 3.28. The fourth-order valence-corrected chi connectivity index (χ4v) is 0.931. The van der Waals surface area contributed by atoms with E-state index >= 15 is 0 Å². The molecule has 0 radical (unpaired) electrons. The number of rotatable bonds is 4. The Kier molecular flexibility index (Phi) is 2.00. The number of carboxylic acids is 1.